The van der Waals surface area contributed by atoms with Gasteiger partial charge < -0.3 is 15.4 Å². The first-order valence-corrected chi connectivity index (χ1v) is 8.33. The van der Waals surface area contributed by atoms with E-state index in [1.165, 1.54) is 11.1 Å². The van der Waals surface area contributed by atoms with Crippen LogP contribution in [0.5, 0.6) is 0 Å². The maximum absolute atomic E-state index is 5.34. The average molecular weight is 433 g/mol. The highest BCUT2D eigenvalue weighted by molar-refractivity contribution is 14.0. The van der Waals surface area contributed by atoms with E-state index in [1.54, 1.807) is 0 Å². The number of benzene rings is 1. The molecule has 1 rings (SSSR count). The van der Waals surface area contributed by atoms with Crippen molar-refractivity contribution in [2.24, 2.45) is 4.99 Å². The third-order valence-electron chi connectivity index (χ3n) is 3.44. The van der Waals surface area contributed by atoms with E-state index in [1.807, 2.05) is 6.92 Å². The highest BCUT2D eigenvalue weighted by atomic mass is 127. The summed E-state index contributed by atoms with van der Waals surface area (Å²) in [5.74, 6) is 1.30. The Morgan fingerprint density at radius 1 is 1.26 bits per heavy atom. The Balaban J connectivity index is 0.00000484. The maximum atomic E-state index is 5.34. The number of rotatable bonds is 9. The van der Waals surface area contributed by atoms with Crippen LogP contribution in [0.25, 0.3) is 0 Å². The molecule has 23 heavy (non-hydrogen) atoms. The molecule has 0 saturated heterocycles. The van der Waals surface area contributed by atoms with Crippen molar-refractivity contribution < 1.29 is 4.74 Å². The Labute approximate surface area is 158 Å². The van der Waals surface area contributed by atoms with Crippen molar-refractivity contribution in [2.75, 3.05) is 32.8 Å². The van der Waals surface area contributed by atoms with E-state index in [4.69, 9.17) is 9.73 Å². The van der Waals surface area contributed by atoms with Gasteiger partial charge in [-0.1, -0.05) is 36.8 Å². The second kappa shape index (κ2) is 13.6. The van der Waals surface area contributed by atoms with Gasteiger partial charge in [0.25, 0.3) is 0 Å². The van der Waals surface area contributed by atoms with Crippen molar-refractivity contribution >= 4 is 29.9 Å². The molecule has 2 N–H and O–H groups in total. The summed E-state index contributed by atoms with van der Waals surface area (Å²) in [4.78, 5) is 4.69. The van der Waals surface area contributed by atoms with Crippen molar-refractivity contribution in [3.8, 4) is 0 Å². The minimum atomic E-state index is 0. The molecule has 0 radical (unpaired) electrons. The Morgan fingerprint density at radius 3 is 2.70 bits per heavy atom. The molecule has 1 atom stereocenters. The second-order valence-corrected chi connectivity index (χ2v) is 5.51. The van der Waals surface area contributed by atoms with Crippen LogP contribution >= 0.6 is 24.0 Å². The summed E-state index contributed by atoms with van der Waals surface area (Å²) in [6, 6.07) is 8.66. The fraction of sp³-hybridized carbons (Fsp3) is 0.611. The van der Waals surface area contributed by atoms with Gasteiger partial charge in [-0.3, -0.25) is 4.99 Å². The summed E-state index contributed by atoms with van der Waals surface area (Å²) < 4.78 is 5.34. The molecule has 0 aromatic heterocycles. The minimum Gasteiger partial charge on any atom is -0.382 e. The lowest BCUT2D eigenvalue weighted by Gasteiger charge is -2.14. The molecule has 1 aromatic rings. The Morgan fingerprint density at radius 2 is 2.04 bits per heavy atom. The summed E-state index contributed by atoms with van der Waals surface area (Å²) in [5, 5.41) is 6.65. The largest absolute Gasteiger partial charge is 0.382 e. The fourth-order valence-electron chi connectivity index (χ4n) is 2.18. The first kappa shape index (κ1) is 22.2. The number of aryl methyl sites for hydroxylation is 1. The lowest BCUT2D eigenvalue weighted by Crippen LogP contribution is -2.38. The normalized spacial score (nSPS) is 12.4. The quantitative estimate of drug-likeness (QED) is 0.270. The second-order valence-electron chi connectivity index (χ2n) is 5.51. The van der Waals surface area contributed by atoms with Gasteiger partial charge in [-0.15, -0.1) is 24.0 Å². The predicted octanol–water partition coefficient (Wildman–Crippen LogP) is 3.70. The molecule has 0 amide bonds. The smallest absolute Gasteiger partial charge is 0.191 e. The van der Waals surface area contributed by atoms with Gasteiger partial charge in [0.15, 0.2) is 5.96 Å². The molecule has 0 aliphatic heterocycles. The summed E-state index contributed by atoms with van der Waals surface area (Å²) in [6.45, 7) is 12.6. The monoisotopic (exact) mass is 433 g/mol. The SMILES string of the molecule is CCNC(=NCC(C)c1cccc(C)c1)NCCCOCC.I. The number of nitrogens with zero attached hydrogens (tertiary/aromatic N) is 1. The van der Waals surface area contributed by atoms with E-state index in [2.05, 4.69) is 55.7 Å². The summed E-state index contributed by atoms with van der Waals surface area (Å²) in [6.07, 6.45) is 0.992. The van der Waals surface area contributed by atoms with Crippen LogP contribution in [0.2, 0.25) is 0 Å². The van der Waals surface area contributed by atoms with Gasteiger partial charge in [0.1, 0.15) is 0 Å². The molecule has 0 aliphatic rings. The molecule has 0 spiro atoms. The molecule has 4 nitrogen and oxygen atoms in total. The van der Waals surface area contributed by atoms with Crippen LogP contribution in [0, 0.1) is 6.92 Å². The third-order valence-corrected chi connectivity index (χ3v) is 3.44. The van der Waals surface area contributed by atoms with Crippen LogP contribution in [0.4, 0.5) is 0 Å². The van der Waals surface area contributed by atoms with Gasteiger partial charge >= 0.3 is 0 Å². The Kier molecular flexibility index (Phi) is 13.1. The number of ether oxygens (including phenoxy) is 1. The molecule has 1 unspecified atom stereocenters. The van der Waals surface area contributed by atoms with Gasteiger partial charge in [0, 0.05) is 38.8 Å². The lowest BCUT2D eigenvalue weighted by molar-refractivity contribution is 0.145. The van der Waals surface area contributed by atoms with Crippen LogP contribution in [0.3, 0.4) is 0 Å². The average Bonchev–Trinajstić information content (AvgIpc) is 2.52. The van der Waals surface area contributed by atoms with E-state index in [-0.39, 0.29) is 24.0 Å². The van der Waals surface area contributed by atoms with Gasteiger partial charge in [-0.05, 0) is 32.8 Å². The summed E-state index contributed by atoms with van der Waals surface area (Å²) in [5.41, 5.74) is 2.64. The fourth-order valence-corrected chi connectivity index (χ4v) is 2.18. The zero-order valence-corrected chi connectivity index (χ0v) is 17.2. The molecule has 132 valence electrons. The van der Waals surface area contributed by atoms with Crippen molar-refractivity contribution in [3.63, 3.8) is 0 Å². The molecule has 1 aromatic carbocycles. The predicted molar refractivity (Wildman–Crippen MR) is 110 cm³/mol. The van der Waals surface area contributed by atoms with Crippen LogP contribution in [0.15, 0.2) is 29.3 Å². The Bertz CT molecular complexity index is 452. The molecular weight excluding hydrogens is 401 g/mol. The number of hydrogen-bond donors (Lipinski definition) is 2. The first-order valence-electron chi connectivity index (χ1n) is 8.33. The zero-order valence-electron chi connectivity index (χ0n) is 14.9. The van der Waals surface area contributed by atoms with Gasteiger partial charge in [0.2, 0.25) is 0 Å². The summed E-state index contributed by atoms with van der Waals surface area (Å²) in [7, 11) is 0. The van der Waals surface area contributed by atoms with Gasteiger partial charge in [0.05, 0.1) is 0 Å². The number of hydrogen-bond acceptors (Lipinski definition) is 2. The zero-order chi connectivity index (χ0) is 16.2. The molecular formula is C18H32IN3O. The minimum absolute atomic E-state index is 0. The van der Waals surface area contributed by atoms with E-state index in [0.717, 1.165) is 45.2 Å². The van der Waals surface area contributed by atoms with Crippen LogP contribution in [-0.2, 0) is 4.74 Å². The topological polar surface area (TPSA) is 45.7 Å². The van der Waals surface area contributed by atoms with Crippen molar-refractivity contribution in [2.45, 2.75) is 40.0 Å². The lowest BCUT2D eigenvalue weighted by atomic mass is 10.00. The molecule has 0 bridgehead atoms. The van der Waals surface area contributed by atoms with Crippen LogP contribution < -0.4 is 10.6 Å². The molecule has 5 heteroatoms. The molecule has 0 saturated carbocycles. The van der Waals surface area contributed by atoms with Crippen molar-refractivity contribution in [1.29, 1.82) is 0 Å². The van der Waals surface area contributed by atoms with E-state index in [9.17, 15) is 0 Å². The van der Waals surface area contributed by atoms with Gasteiger partial charge in [-0.25, -0.2) is 0 Å². The van der Waals surface area contributed by atoms with E-state index in [0.29, 0.717) is 5.92 Å². The third kappa shape index (κ3) is 9.81. The number of aliphatic imine (C=N–C) groups is 1. The van der Waals surface area contributed by atoms with Crippen molar-refractivity contribution in [3.05, 3.63) is 35.4 Å². The maximum Gasteiger partial charge on any atom is 0.191 e. The Hall–Kier alpha value is -0.820. The van der Waals surface area contributed by atoms with Gasteiger partial charge in [-0.2, -0.15) is 0 Å². The first-order chi connectivity index (χ1) is 10.7. The molecule has 0 fully saturated rings. The van der Waals surface area contributed by atoms with E-state index < -0.39 is 0 Å². The number of guanidine groups is 1. The van der Waals surface area contributed by atoms with E-state index >= 15 is 0 Å². The van der Waals surface area contributed by atoms with Crippen molar-refractivity contribution in [1.82, 2.24) is 10.6 Å². The molecule has 0 heterocycles. The highest BCUT2D eigenvalue weighted by Crippen LogP contribution is 2.16. The number of nitrogens with one attached hydrogen (secondary N) is 2. The molecule has 0 aliphatic carbocycles. The van der Waals surface area contributed by atoms with Crippen LogP contribution in [0.1, 0.15) is 44.2 Å². The highest BCUT2D eigenvalue weighted by Gasteiger charge is 2.05. The summed E-state index contributed by atoms with van der Waals surface area (Å²) >= 11 is 0. The number of halogens is 1. The van der Waals surface area contributed by atoms with Crippen LogP contribution in [-0.4, -0.2) is 38.8 Å². The standard InChI is InChI=1S/C18H31N3O.HI/c1-5-19-18(20-11-8-12-22-6-2)21-14-16(4)17-10-7-9-15(3)13-17;/h7,9-10,13,16H,5-6,8,11-12,14H2,1-4H3,(H2,19,20,21);1H.